The first-order valence-electron chi connectivity index (χ1n) is 8.35. The predicted molar refractivity (Wildman–Crippen MR) is 94.6 cm³/mol. The minimum atomic E-state index is -0.581. The van der Waals surface area contributed by atoms with Crippen molar-refractivity contribution in [1.82, 2.24) is 5.32 Å². The Morgan fingerprint density at radius 1 is 1.35 bits per heavy atom. The van der Waals surface area contributed by atoms with Gasteiger partial charge in [-0.25, -0.2) is 4.79 Å². The smallest absolute Gasteiger partial charge is 0.128 e. The van der Waals surface area contributed by atoms with Crippen LogP contribution >= 0.6 is 0 Å². The summed E-state index contributed by atoms with van der Waals surface area (Å²) in [6.07, 6.45) is 6.55. The number of carbonyl (C=O) groups excluding carboxylic acids is 1. The van der Waals surface area contributed by atoms with Gasteiger partial charge in [-0.2, -0.15) is 0 Å². The first-order chi connectivity index (χ1) is 11.1. The Hall–Kier alpha value is -1.93. The maximum absolute atomic E-state index is 11.5. The molecule has 120 valence electrons. The van der Waals surface area contributed by atoms with Crippen LogP contribution < -0.4 is 11.1 Å². The van der Waals surface area contributed by atoms with Crippen LogP contribution in [0.4, 0.5) is 0 Å². The van der Waals surface area contributed by atoms with Crippen LogP contribution in [0.5, 0.6) is 0 Å². The van der Waals surface area contributed by atoms with E-state index in [4.69, 9.17) is 5.73 Å². The molecule has 1 atom stereocenters. The van der Waals surface area contributed by atoms with Gasteiger partial charge in [0.2, 0.25) is 0 Å². The number of benzene rings is 1. The second kappa shape index (κ2) is 6.29. The van der Waals surface area contributed by atoms with E-state index < -0.39 is 5.54 Å². The maximum Gasteiger partial charge on any atom is 0.128 e. The third-order valence-corrected chi connectivity index (χ3v) is 4.75. The molecule has 0 amide bonds. The van der Waals surface area contributed by atoms with Crippen molar-refractivity contribution in [2.45, 2.75) is 44.7 Å². The molecule has 3 N–H and O–H groups in total. The Bertz CT molecular complexity index is 723. The molecule has 0 bridgehead atoms. The van der Waals surface area contributed by atoms with Crippen molar-refractivity contribution in [2.75, 3.05) is 6.54 Å². The Kier molecular flexibility index (Phi) is 4.36. The van der Waals surface area contributed by atoms with Crippen molar-refractivity contribution >= 4 is 11.5 Å². The molecule has 23 heavy (non-hydrogen) atoms. The zero-order valence-corrected chi connectivity index (χ0v) is 13.9. The van der Waals surface area contributed by atoms with Gasteiger partial charge < -0.3 is 11.1 Å². The van der Waals surface area contributed by atoms with Gasteiger partial charge >= 0.3 is 0 Å². The molecule has 0 aromatic heterocycles. The number of rotatable bonds is 5. The molecule has 0 saturated carbocycles. The van der Waals surface area contributed by atoms with Crippen molar-refractivity contribution in [2.24, 2.45) is 5.73 Å². The highest BCUT2D eigenvalue weighted by Crippen LogP contribution is 2.50. The van der Waals surface area contributed by atoms with E-state index in [0.29, 0.717) is 18.0 Å². The van der Waals surface area contributed by atoms with Gasteiger partial charge in [0.25, 0.3) is 0 Å². The van der Waals surface area contributed by atoms with Gasteiger partial charge in [0.1, 0.15) is 5.94 Å². The summed E-state index contributed by atoms with van der Waals surface area (Å²) < 4.78 is 0. The first-order valence-corrected chi connectivity index (χ1v) is 8.35. The Balaban J connectivity index is 1.98. The van der Waals surface area contributed by atoms with Crippen molar-refractivity contribution in [1.29, 1.82) is 0 Å². The maximum atomic E-state index is 11.5. The van der Waals surface area contributed by atoms with E-state index in [1.165, 1.54) is 0 Å². The highest BCUT2D eigenvalue weighted by atomic mass is 16.1. The summed E-state index contributed by atoms with van der Waals surface area (Å²) in [7, 11) is 0. The largest absolute Gasteiger partial charge is 0.318 e. The number of nitrogens with one attached hydrogen (secondary N) is 1. The van der Waals surface area contributed by atoms with Crippen molar-refractivity contribution < 1.29 is 4.79 Å². The lowest BCUT2D eigenvalue weighted by Crippen LogP contribution is -2.39. The molecule has 0 radical (unpaired) electrons. The molecule has 1 aromatic rings. The van der Waals surface area contributed by atoms with E-state index in [0.717, 1.165) is 41.7 Å². The van der Waals surface area contributed by atoms with Crippen LogP contribution in [0, 0.1) is 0 Å². The Morgan fingerprint density at radius 2 is 2.13 bits per heavy atom. The van der Waals surface area contributed by atoms with Gasteiger partial charge in [-0.15, -0.1) is 0 Å². The number of allylic oxidation sites excluding steroid dienone is 3. The van der Waals surface area contributed by atoms with Gasteiger partial charge in [-0.1, -0.05) is 50.3 Å². The summed E-state index contributed by atoms with van der Waals surface area (Å²) in [5, 5.41) is 3.44. The molecule has 0 aliphatic heterocycles. The molecule has 3 nitrogen and oxygen atoms in total. The molecule has 0 saturated heterocycles. The van der Waals surface area contributed by atoms with Crippen molar-refractivity contribution in [3.8, 4) is 0 Å². The minimum absolute atomic E-state index is 0.470. The average Bonchev–Trinajstić information content (AvgIpc) is 2.82. The zero-order valence-electron chi connectivity index (χ0n) is 13.9. The second-order valence-electron chi connectivity index (χ2n) is 6.71. The third kappa shape index (κ3) is 2.72. The molecule has 0 heterocycles. The lowest BCUT2D eigenvalue weighted by molar-refractivity contribution is 0.451. The molecule has 0 fully saturated rings. The van der Waals surface area contributed by atoms with Crippen LogP contribution in [0.3, 0.4) is 0 Å². The summed E-state index contributed by atoms with van der Waals surface area (Å²) in [6, 6.07) is 8.72. The van der Waals surface area contributed by atoms with E-state index >= 15 is 0 Å². The molecule has 1 aromatic carbocycles. The summed E-state index contributed by atoms with van der Waals surface area (Å²) in [6.45, 7) is 5.21. The second-order valence-corrected chi connectivity index (χ2v) is 6.71. The molecular weight excluding hydrogens is 284 g/mol. The van der Waals surface area contributed by atoms with Gasteiger partial charge in [0.15, 0.2) is 0 Å². The SMILES string of the molecule is CC(C)NCCCC1(N)C2=C(C=CCC2=C=O)c2ccccc21. The van der Waals surface area contributed by atoms with Crippen LogP contribution in [0.1, 0.15) is 44.2 Å². The van der Waals surface area contributed by atoms with Crippen LogP contribution in [-0.2, 0) is 10.3 Å². The van der Waals surface area contributed by atoms with E-state index in [9.17, 15) is 4.79 Å². The molecule has 1 unspecified atom stereocenters. The normalized spacial score (nSPS) is 22.3. The van der Waals surface area contributed by atoms with Crippen LogP contribution in [-0.4, -0.2) is 18.5 Å². The summed E-state index contributed by atoms with van der Waals surface area (Å²) in [5.74, 6) is 2.14. The molecule has 2 aliphatic carbocycles. The van der Waals surface area contributed by atoms with Crippen LogP contribution in [0.2, 0.25) is 0 Å². The minimum Gasteiger partial charge on any atom is -0.318 e. The lowest BCUT2D eigenvalue weighted by atomic mass is 9.78. The van der Waals surface area contributed by atoms with E-state index in [-0.39, 0.29) is 0 Å². The molecular formula is C20H24N2O. The predicted octanol–water partition coefficient (Wildman–Crippen LogP) is 3.10. The molecule has 3 heteroatoms. The van der Waals surface area contributed by atoms with E-state index in [2.05, 4.69) is 43.3 Å². The van der Waals surface area contributed by atoms with E-state index in [1.807, 2.05) is 18.2 Å². The summed E-state index contributed by atoms with van der Waals surface area (Å²) in [4.78, 5) is 11.5. The first kappa shape index (κ1) is 15.9. The number of hydrogen-bond acceptors (Lipinski definition) is 3. The topological polar surface area (TPSA) is 55.1 Å². The average molecular weight is 308 g/mol. The molecule has 0 spiro atoms. The number of fused-ring (bicyclic) bond motifs is 2. The fraction of sp³-hybridized carbons (Fsp3) is 0.400. The van der Waals surface area contributed by atoms with Crippen molar-refractivity contribution in [3.05, 3.63) is 58.7 Å². The van der Waals surface area contributed by atoms with E-state index in [1.54, 1.807) is 0 Å². The number of hydrogen-bond donors (Lipinski definition) is 2. The lowest BCUT2D eigenvalue weighted by Gasteiger charge is -2.31. The quantitative estimate of drug-likeness (QED) is 0.649. The van der Waals surface area contributed by atoms with Gasteiger partial charge in [-0.05, 0) is 41.7 Å². The van der Waals surface area contributed by atoms with Gasteiger partial charge in [0, 0.05) is 18.0 Å². The monoisotopic (exact) mass is 308 g/mol. The highest BCUT2D eigenvalue weighted by Gasteiger charge is 2.43. The standard InChI is InChI=1S/C20H24N2O/c1-14(2)22-12-6-11-20(21)18-10-4-3-8-16(18)17-9-5-7-15(13-23)19(17)20/h3-5,8-10,14,22H,6-7,11-12,21H2,1-2H3. The summed E-state index contributed by atoms with van der Waals surface area (Å²) in [5.41, 5.74) is 11.4. The fourth-order valence-electron chi connectivity index (χ4n) is 3.73. The summed E-state index contributed by atoms with van der Waals surface area (Å²) >= 11 is 0. The molecule has 2 aliphatic rings. The zero-order chi connectivity index (χ0) is 16.4. The molecule has 3 rings (SSSR count). The highest BCUT2D eigenvalue weighted by molar-refractivity contribution is 5.92. The number of nitrogens with two attached hydrogens (primary N) is 1. The van der Waals surface area contributed by atoms with Crippen LogP contribution in [0.25, 0.3) is 5.57 Å². The third-order valence-electron chi connectivity index (χ3n) is 4.75. The Labute approximate surface area is 138 Å². The van der Waals surface area contributed by atoms with Gasteiger partial charge in [0.05, 0.1) is 5.54 Å². The fourth-order valence-corrected chi connectivity index (χ4v) is 3.73. The Morgan fingerprint density at radius 3 is 2.87 bits per heavy atom. The van der Waals surface area contributed by atoms with Crippen molar-refractivity contribution in [3.63, 3.8) is 0 Å². The van der Waals surface area contributed by atoms with Crippen LogP contribution in [0.15, 0.2) is 47.6 Å². The van der Waals surface area contributed by atoms with Gasteiger partial charge in [-0.3, -0.25) is 0 Å².